The maximum atomic E-state index is 11.1. The van der Waals surface area contributed by atoms with Crippen LogP contribution in [0.15, 0.2) is 16.7 Å². The number of esters is 1. The van der Waals surface area contributed by atoms with Crippen molar-refractivity contribution >= 4 is 11.9 Å². The maximum Gasteiger partial charge on any atom is 0.341 e. The SMILES string of the molecule is COC(=O)c1coc(CNCCOCC(N)=O)c1. The Kier molecular flexibility index (Phi) is 5.89. The Morgan fingerprint density at radius 2 is 2.28 bits per heavy atom. The van der Waals surface area contributed by atoms with E-state index in [0.717, 1.165) is 0 Å². The van der Waals surface area contributed by atoms with Crippen molar-refractivity contribution in [2.75, 3.05) is 26.9 Å². The smallest absolute Gasteiger partial charge is 0.341 e. The van der Waals surface area contributed by atoms with Crippen LogP contribution in [-0.2, 0) is 20.8 Å². The van der Waals surface area contributed by atoms with E-state index in [9.17, 15) is 9.59 Å². The first-order chi connectivity index (χ1) is 8.63. The van der Waals surface area contributed by atoms with Gasteiger partial charge in [-0.3, -0.25) is 4.79 Å². The molecule has 1 aromatic rings. The number of carbonyl (C=O) groups is 2. The summed E-state index contributed by atoms with van der Waals surface area (Å²) in [6.45, 7) is 1.28. The molecule has 0 unspecified atom stereocenters. The van der Waals surface area contributed by atoms with Gasteiger partial charge in [0.2, 0.25) is 5.91 Å². The molecule has 1 amide bonds. The molecule has 7 heteroatoms. The molecule has 0 spiro atoms. The van der Waals surface area contributed by atoms with Gasteiger partial charge in [-0.25, -0.2) is 4.79 Å². The Morgan fingerprint density at radius 3 is 2.94 bits per heavy atom. The fourth-order valence-electron chi connectivity index (χ4n) is 1.23. The lowest BCUT2D eigenvalue weighted by Gasteiger charge is -2.02. The van der Waals surface area contributed by atoms with Crippen LogP contribution in [0.3, 0.4) is 0 Å². The summed E-state index contributed by atoms with van der Waals surface area (Å²) in [4.78, 5) is 21.5. The number of primary amides is 1. The van der Waals surface area contributed by atoms with Crippen molar-refractivity contribution in [2.24, 2.45) is 5.73 Å². The van der Waals surface area contributed by atoms with E-state index in [1.165, 1.54) is 13.4 Å². The molecular weight excluding hydrogens is 240 g/mol. The summed E-state index contributed by atoms with van der Waals surface area (Å²) >= 11 is 0. The Morgan fingerprint density at radius 1 is 1.50 bits per heavy atom. The third-order valence-electron chi connectivity index (χ3n) is 2.04. The van der Waals surface area contributed by atoms with Crippen LogP contribution in [0, 0.1) is 0 Å². The lowest BCUT2D eigenvalue weighted by molar-refractivity contribution is -0.122. The molecule has 0 saturated carbocycles. The Bertz CT molecular complexity index is 402. The van der Waals surface area contributed by atoms with E-state index in [0.29, 0.717) is 31.0 Å². The molecule has 0 saturated heterocycles. The second-order valence-electron chi connectivity index (χ2n) is 3.49. The Hall–Kier alpha value is -1.86. The van der Waals surface area contributed by atoms with Crippen molar-refractivity contribution in [2.45, 2.75) is 6.54 Å². The Balaban J connectivity index is 2.17. The molecule has 0 aliphatic heterocycles. The second kappa shape index (κ2) is 7.46. The van der Waals surface area contributed by atoms with Crippen LogP contribution in [-0.4, -0.2) is 38.7 Å². The van der Waals surface area contributed by atoms with Gasteiger partial charge >= 0.3 is 5.97 Å². The number of hydrogen-bond donors (Lipinski definition) is 2. The predicted molar refractivity (Wildman–Crippen MR) is 61.8 cm³/mol. The van der Waals surface area contributed by atoms with Gasteiger partial charge < -0.3 is 24.9 Å². The minimum absolute atomic E-state index is 0.0884. The van der Waals surface area contributed by atoms with Crippen molar-refractivity contribution in [1.82, 2.24) is 5.32 Å². The van der Waals surface area contributed by atoms with Crippen molar-refractivity contribution < 1.29 is 23.5 Å². The number of nitrogens with two attached hydrogens (primary N) is 1. The normalized spacial score (nSPS) is 10.3. The van der Waals surface area contributed by atoms with Crippen LogP contribution in [0.2, 0.25) is 0 Å². The summed E-state index contributed by atoms with van der Waals surface area (Å²) < 4.78 is 14.7. The number of hydrogen-bond acceptors (Lipinski definition) is 6. The number of rotatable bonds is 8. The molecule has 0 aliphatic carbocycles. The zero-order chi connectivity index (χ0) is 13.4. The average molecular weight is 256 g/mol. The lowest BCUT2D eigenvalue weighted by atomic mass is 10.3. The van der Waals surface area contributed by atoms with Gasteiger partial charge in [0.15, 0.2) is 0 Å². The van der Waals surface area contributed by atoms with Crippen LogP contribution in [0.25, 0.3) is 0 Å². The first-order valence-electron chi connectivity index (χ1n) is 5.36. The van der Waals surface area contributed by atoms with Crippen LogP contribution < -0.4 is 11.1 Å². The molecule has 0 bridgehead atoms. The minimum Gasteiger partial charge on any atom is -0.467 e. The third kappa shape index (κ3) is 4.98. The minimum atomic E-state index is -0.497. The van der Waals surface area contributed by atoms with Gasteiger partial charge in [-0.05, 0) is 6.07 Å². The van der Waals surface area contributed by atoms with Crippen molar-refractivity contribution in [1.29, 1.82) is 0 Å². The number of carbonyl (C=O) groups excluding carboxylic acids is 2. The van der Waals surface area contributed by atoms with Gasteiger partial charge in [-0.15, -0.1) is 0 Å². The van der Waals surface area contributed by atoms with Gasteiger partial charge in [-0.2, -0.15) is 0 Å². The molecule has 100 valence electrons. The number of nitrogens with one attached hydrogen (secondary N) is 1. The van der Waals surface area contributed by atoms with Crippen LogP contribution >= 0.6 is 0 Å². The number of amides is 1. The summed E-state index contributed by atoms with van der Waals surface area (Å²) in [6.07, 6.45) is 1.34. The van der Waals surface area contributed by atoms with E-state index < -0.39 is 11.9 Å². The fourth-order valence-corrected chi connectivity index (χ4v) is 1.23. The average Bonchev–Trinajstić information content (AvgIpc) is 2.81. The monoisotopic (exact) mass is 256 g/mol. The highest BCUT2D eigenvalue weighted by molar-refractivity contribution is 5.88. The van der Waals surface area contributed by atoms with Crippen molar-refractivity contribution in [3.8, 4) is 0 Å². The van der Waals surface area contributed by atoms with E-state index in [4.69, 9.17) is 14.9 Å². The van der Waals surface area contributed by atoms with E-state index in [2.05, 4.69) is 10.1 Å². The zero-order valence-corrected chi connectivity index (χ0v) is 10.1. The molecule has 3 N–H and O–H groups in total. The maximum absolute atomic E-state index is 11.1. The topological polar surface area (TPSA) is 104 Å². The fraction of sp³-hybridized carbons (Fsp3) is 0.455. The largest absolute Gasteiger partial charge is 0.467 e. The molecule has 0 atom stereocenters. The molecule has 7 nitrogen and oxygen atoms in total. The van der Waals surface area contributed by atoms with Crippen LogP contribution in [0.5, 0.6) is 0 Å². The number of methoxy groups -OCH3 is 1. The highest BCUT2D eigenvalue weighted by atomic mass is 16.5. The molecule has 1 rings (SSSR count). The van der Waals surface area contributed by atoms with Gasteiger partial charge in [0.1, 0.15) is 18.6 Å². The van der Waals surface area contributed by atoms with Gasteiger partial charge in [0.25, 0.3) is 0 Å². The van der Waals surface area contributed by atoms with Gasteiger partial charge in [0.05, 0.1) is 25.8 Å². The molecule has 0 fully saturated rings. The summed E-state index contributed by atoms with van der Waals surface area (Å²) in [5, 5.41) is 3.02. The molecule has 18 heavy (non-hydrogen) atoms. The summed E-state index contributed by atoms with van der Waals surface area (Å²) in [7, 11) is 1.31. The second-order valence-corrected chi connectivity index (χ2v) is 3.49. The van der Waals surface area contributed by atoms with Crippen molar-refractivity contribution in [3.05, 3.63) is 23.7 Å². The summed E-state index contributed by atoms with van der Waals surface area (Å²) in [6, 6.07) is 1.60. The molecule has 0 radical (unpaired) electrons. The van der Waals surface area contributed by atoms with Gasteiger partial charge in [0, 0.05) is 6.54 Å². The molecule has 1 heterocycles. The molecule has 1 aromatic heterocycles. The predicted octanol–water partition coefficient (Wildman–Crippen LogP) is -0.342. The quantitative estimate of drug-likeness (QED) is 0.487. The highest BCUT2D eigenvalue weighted by Crippen LogP contribution is 2.08. The zero-order valence-electron chi connectivity index (χ0n) is 10.1. The molecular formula is C11H16N2O5. The van der Waals surface area contributed by atoms with Crippen LogP contribution in [0.4, 0.5) is 0 Å². The number of ether oxygens (including phenoxy) is 2. The van der Waals surface area contributed by atoms with E-state index >= 15 is 0 Å². The van der Waals surface area contributed by atoms with Crippen molar-refractivity contribution in [3.63, 3.8) is 0 Å². The van der Waals surface area contributed by atoms with E-state index in [1.54, 1.807) is 6.07 Å². The molecule has 0 aliphatic rings. The highest BCUT2D eigenvalue weighted by Gasteiger charge is 2.09. The standard InChI is InChI=1S/C11H16N2O5/c1-16-11(15)8-4-9(18-6-8)5-13-2-3-17-7-10(12)14/h4,6,13H,2-3,5,7H2,1H3,(H2,12,14). The first kappa shape index (κ1) is 14.2. The van der Waals surface area contributed by atoms with E-state index in [-0.39, 0.29) is 6.61 Å². The van der Waals surface area contributed by atoms with E-state index in [1.807, 2.05) is 0 Å². The number of furan rings is 1. The lowest BCUT2D eigenvalue weighted by Crippen LogP contribution is -2.23. The molecule has 0 aromatic carbocycles. The summed E-state index contributed by atoms with van der Waals surface area (Å²) in [5.41, 5.74) is 5.27. The first-order valence-corrected chi connectivity index (χ1v) is 5.36. The van der Waals surface area contributed by atoms with Gasteiger partial charge in [-0.1, -0.05) is 0 Å². The Labute approximate surface area is 104 Å². The summed E-state index contributed by atoms with van der Waals surface area (Å²) in [5.74, 6) is -0.316. The van der Waals surface area contributed by atoms with Crippen LogP contribution in [0.1, 0.15) is 16.1 Å². The third-order valence-corrected chi connectivity index (χ3v) is 2.04.